The zero-order chi connectivity index (χ0) is 15.7. The monoisotopic (exact) mass is 294 g/mol. The summed E-state index contributed by atoms with van der Waals surface area (Å²) in [6.45, 7) is 14.7. The largest absolute Gasteiger partial charge is 0.315 e. The summed E-state index contributed by atoms with van der Waals surface area (Å²) in [5.41, 5.74) is 1.07. The lowest BCUT2D eigenvalue weighted by molar-refractivity contribution is 0.0657. The van der Waals surface area contributed by atoms with Crippen LogP contribution in [0.3, 0.4) is 0 Å². The second-order valence-corrected chi connectivity index (χ2v) is 8.77. The van der Waals surface area contributed by atoms with Gasteiger partial charge in [0.25, 0.3) is 0 Å². The number of hydrogen-bond donors (Lipinski definition) is 1. The number of rotatable bonds is 4. The highest BCUT2D eigenvalue weighted by atomic mass is 15.2. The summed E-state index contributed by atoms with van der Waals surface area (Å²) < 4.78 is 0. The SMILES string of the molecule is CCC1(CC)CCN(C2CC(C(C)(C)C)CCC2NC)C1. The minimum Gasteiger partial charge on any atom is -0.315 e. The predicted octanol–water partition coefficient (Wildman–Crippen LogP) is 4.30. The number of likely N-dealkylation sites (tertiary alicyclic amines) is 1. The molecule has 0 aromatic carbocycles. The van der Waals surface area contributed by atoms with Gasteiger partial charge in [0.05, 0.1) is 0 Å². The van der Waals surface area contributed by atoms with Crippen molar-refractivity contribution in [3.8, 4) is 0 Å². The molecule has 0 spiro atoms. The molecule has 124 valence electrons. The quantitative estimate of drug-likeness (QED) is 0.831. The molecule has 1 aliphatic heterocycles. The third kappa shape index (κ3) is 3.64. The van der Waals surface area contributed by atoms with Crippen molar-refractivity contribution >= 4 is 0 Å². The van der Waals surface area contributed by atoms with Crippen molar-refractivity contribution in [2.45, 2.75) is 85.2 Å². The summed E-state index contributed by atoms with van der Waals surface area (Å²) >= 11 is 0. The lowest BCUT2D eigenvalue weighted by Crippen LogP contribution is -2.53. The molecule has 0 radical (unpaired) electrons. The fraction of sp³-hybridized carbons (Fsp3) is 1.00. The van der Waals surface area contributed by atoms with E-state index in [1.54, 1.807) is 0 Å². The third-order valence-corrected chi connectivity index (χ3v) is 6.85. The van der Waals surface area contributed by atoms with Crippen molar-refractivity contribution in [1.82, 2.24) is 10.2 Å². The second kappa shape index (κ2) is 6.58. The zero-order valence-electron chi connectivity index (χ0n) is 15.3. The molecule has 2 aliphatic rings. The molecule has 2 rings (SSSR count). The molecule has 2 nitrogen and oxygen atoms in total. The normalized spacial score (nSPS) is 34.3. The van der Waals surface area contributed by atoms with Gasteiger partial charge in [-0.25, -0.2) is 0 Å². The Hall–Kier alpha value is -0.0800. The van der Waals surface area contributed by atoms with Gasteiger partial charge in [0.15, 0.2) is 0 Å². The minimum atomic E-state index is 0.462. The lowest BCUT2D eigenvalue weighted by atomic mass is 9.69. The van der Waals surface area contributed by atoms with Crippen LogP contribution in [0.1, 0.15) is 73.1 Å². The highest BCUT2D eigenvalue weighted by Crippen LogP contribution is 2.43. The lowest BCUT2D eigenvalue weighted by Gasteiger charge is -2.45. The van der Waals surface area contributed by atoms with Crippen molar-refractivity contribution in [3.63, 3.8) is 0 Å². The molecule has 1 saturated carbocycles. The van der Waals surface area contributed by atoms with E-state index in [0.29, 0.717) is 16.9 Å². The Bertz CT molecular complexity index is 327. The first-order valence-electron chi connectivity index (χ1n) is 9.26. The van der Waals surface area contributed by atoms with Gasteiger partial charge in [0.2, 0.25) is 0 Å². The summed E-state index contributed by atoms with van der Waals surface area (Å²) in [6, 6.07) is 1.46. The summed E-state index contributed by atoms with van der Waals surface area (Å²) in [4.78, 5) is 2.84. The minimum absolute atomic E-state index is 0.462. The van der Waals surface area contributed by atoms with Gasteiger partial charge in [-0.2, -0.15) is 0 Å². The fourth-order valence-electron chi connectivity index (χ4n) is 4.75. The van der Waals surface area contributed by atoms with Crippen LogP contribution in [0.15, 0.2) is 0 Å². The van der Waals surface area contributed by atoms with E-state index in [0.717, 1.165) is 12.0 Å². The van der Waals surface area contributed by atoms with Crippen molar-refractivity contribution in [3.05, 3.63) is 0 Å². The average molecular weight is 295 g/mol. The maximum atomic E-state index is 3.62. The molecule has 21 heavy (non-hydrogen) atoms. The van der Waals surface area contributed by atoms with E-state index >= 15 is 0 Å². The van der Waals surface area contributed by atoms with Crippen LogP contribution in [-0.2, 0) is 0 Å². The van der Waals surface area contributed by atoms with E-state index < -0.39 is 0 Å². The van der Waals surface area contributed by atoms with E-state index in [-0.39, 0.29) is 0 Å². The summed E-state index contributed by atoms with van der Waals surface area (Å²) in [6.07, 6.45) is 8.24. The smallest absolute Gasteiger partial charge is 0.0252 e. The number of hydrogen-bond acceptors (Lipinski definition) is 2. The highest BCUT2D eigenvalue weighted by Gasteiger charge is 2.43. The fourth-order valence-corrected chi connectivity index (χ4v) is 4.75. The van der Waals surface area contributed by atoms with Gasteiger partial charge < -0.3 is 5.32 Å². The standard InChI is InChI=1S/C19H38N2/c1-7-19(8-2)11-12-21(14-19)17-13-15(18(3,4)5)9-10-16(17)20-6/h15-17,20H,7-14H2,1-6H3. The third-order valence-electron chi connectivity index (χ3n) is 6.85. The molecule has 1 saturated heterocycles. The second-order valence-electron chi connectivity index (χ2n) is 8.77. The Labute approximate surface area is 133 Å². The molecule has 2 fully saturated rings. The molecule has 2 heteroatoms. The average Bonchev–Trinajstić information content (AvgIpc) is 2.90. The van der Waals surface area contributed by atoms with E-state index in [1.807, 2.05) is 0 Å². The van der Waals surface area contributed by atoms with Crippen molar-refractivity contribution < 1.29 is 0 Å². The van der Waals surface area contributed by atoms with Gasteiger partial charge in [-0.3, -0.25) is 4.90 Å². The first kappa shape index (κ1) is 17.3. The summed E-state index contributed by atoms with van der Waals surface area (Å²) in [5, 5.41) is 3.62. The molecule has 0 amide bonds. The van der Waals surface area contributed by atoms with E-state index in [4.69, 9.17) is 0 Å². The van der Waals surface area contributed by atoms with Crippen LogP contribution in [-0.4, -0.2) is 37.1 Å². The van der Waals surface area contributed by atoms with Gasteiger partial charge in [-0.15, -0.1) is 0 Å². The van der Waals surface area contributed by atoms with Gasteiger partial charge in [-0.1, -0.05) is 34.6 Å². The van der Waals surface area contributed by atoms with Crippen LogP contribution in [0.2, 0.25) is 0 Å². The predicted molar refractivity (Wildman–Crippen MR) is 92.6 cm³/mol. The van der Waals surface area contributed by atoms with Crippen molar-refractivity contribution in [2.75, 3.05) is 20.1 Å². The first-order chi connectivity index (χ1) is 9.85. The Morgan fingerprint density at radius 1 is 1.14 bits per heavy atom. The molecule has 1 heterocycles. The molecular formula is C19H38N2. The van der Waals surface area contributed by atoms with Crippen molar-refractivity contribution in [1.29, 1.82) is 0 Å². The first-order valence-corrected chi connectivity index (χ1v) is 9.26. The van der Waals surface area contributed by atoms with Crippen LogP contribution in [0, 0.1) is 16.7 Å². The summed E-state index contributed by atoms with van der Waals surface area (Å²) in [5.74, 6) is 0.880. The molecule has 1 aliphatic carbocycles. The molecule has 3 atom stereocenters. The number of nitrogens with zero attached hydrogens (tertiary/aromatic N) is 1. The Kier molecular flexibility index (Phi) is 5.41. The topological polar surface area (TPSA) is 15.3 Å². The van der Waals surface area contributed by atoms with Crippen LogP contribution >= 0.6 is 0 Å². The maximum Gasteiger partial charge on any atom is 0.0252 e. The molecule has 0 bridgehead atoms. The van der Waals surface area contributed by atoms with E-state index in [2.05, 4.69) is 51.9 Å². The number of nitrogens with one attached hydrogen (secondary N) is 1. The molecule has 1 N–H and O–H groups in total. The Balaban J connectivity index is 2.08. The molecular weight excluding hydrogens is 256 g/mol. The van der Waals surface area contributed by atoms with Gasteiger partial charge >= 0.3 is 0 Å². The maximum absolute atomic E-state index is 3.62. The Morgan fingerprint density at radius 2 is 1.81 bits per heavy atom. The van der Waals surface area contributed by atoms with Crippen LogP contribution in [0.25, 0.3) is 0 Å². The van der Waals surface area contributed by atoms with E-state index in [1.165, 1.54) is 51.6 Å². The van der Waals surface area contributed by atoms with Gasteiger partial charge in [0.1, 0.15) is 0 Å². The number of likely N-dealkylation sites (N-methyl/N-ethyl adjacent to an activating group) is 1. The van der Waals surface area contributed by atoms with Crippen LogP contribution in [0.5, 0.6) is 0 Å². The van der Waals surface area contributed by atoms with Crippen LogP contribution in [0.4, 0.5) is 0 Å². The van der Waals surface area contributed by atoms with E-state index in [9.17, 15) is 0 Å². The van der Waals surface area contributed by atoms with Crippen molar-refractivity contribution in [2.24, 2.45) is 16.7 Å². The highest BCUT2D eigenvalue weighted by molar-refractivity contribution is 4.98. The zero-order valence-corrected chi connectivity index (χ0v) is 15.3. The van der Waals surface area contributed by atoms with Gasteiger partial charge in [-0.05, 0) is 68.9 Å². The summed E-state index contributed by atoms with van der Waals surface area (Å²) in [7, 11) is 2.16. The van der Waals surface area contributed by atoms with Crippen LogP contribution < -0.4 is 5.32 Å². The molecule has 0 aromatic rings. The Morgan fingerprint density at radius 3 is 2.29 bits per heavy atom. The van der Waals surface area contributed by atoms with Gasteiger partial charge in [0, 0.05) is 18.6 Å². The molecule has 0 aromatic heterocycles. The molecule has 3 unspecified atom stereocenters.